The SMILES string of the molecule is COc1cc(COc2cc(OCc3ccc(C#N)cc3)c(C(=O)c3ccc(C)cc3)cc2C(=O)c2ccc(C)cc2)cc(OC)c1. The van der Waals surface area contributed by atoms with Crippen LogP contribution in [0.25, 0.3) is 0 Å². The van der Waals surface area contributed by atoms with Crippen LogP contribution in [0.4, 0.5) is 0 Å². The molecule has 0 saturated carbocycles. The van der Waals surface area contributed by atoms with Gasteiger partial charge in [-0.25, -0.2) is 0 Å². The fourth-order valence-corrected chi connectivity index (χ4v) is 4.82. The van der Waals surface area contributed by atoms with Gasteiger partial charge in [0.05, 0.1) is 37.0 Å². The number of benzene rings is 5. The maximum absolute atomic E-state index is 14.0. The first-order valence-corrected chi connectivity index (χ1v) is 14.7. The molecule has 0 unspecified atom stereocenters. The van der Waals surface area contributed by atoms with Crippen molar-refractivity contribution in [1.29, 1.82) is 5.26 Å². The van der Waals surface area contributed by atoms with Gasteiger partial charge >= 0.3 is 0 Å². The van der Waals surface area contributed by atoms with Gasteiger partial charge < -0.3 is 18.9 Å². The van der Waals surface area contributed by atoms with Crippen molar-refractivity contribution in [3.05, 3.63) is 153 Å². The molecule has 46 heavy (non-hydrogen) atoms. The van der Waals surface area contributed by atoms with Crippen LogP contribution in [-0.4, -0.2) is 25.8 Å². The van der Waals surface area contributed by atoms with Gasteiger partial charge in [-0.2, -0.15) is 5.26 Å². The lowest BCUT2D eigenvalue weighted by molar-refractivity contribution is 0.103. The Morgan fingerprint density at radius 2 is 1.04 bits per heavy atom. The molecule has 230 valence electrons. The Hall–Kier alpha value is -5.87. The van der Waals surface area contributed by atoms with Crippen molar-refractivity contribution >= 4 is 11.6 Å². The van der Waals surface area contributed by atoms with Crippen molar-refractivity contribution in [2.45, 2.75) is 27.1 Å². The highest BCUT2D eigenvalue weighted by molar-refractivity contribution is 6.15. The summed E-state index contributed by atoms with van der Waals surface area (Å²) >= 11 is 0. The molecule has 0 amide bonds. The molecule has 0 fully saturated rings. The smallest absolute Gasteiger partial charge is 0.196 e. The van der Waals surface area contributed by atoms with Crippen molar-refractivity contribution in [1.82, 2.24) is 0 Å². The van der Waals surface area contributed by atoms with E-state index in [0.29, 0.717) is 28.2 Å². The first-order chi connectivity index (χ1) is 22.3. The monoisotopic (exact) mass is 611 g/mol. The molecular formula is C39H33NO6. The Morgan fingerprint density at radius 1 is 0.587 bits per heavy atom. The standard InChI is InChI=1S/C39H33NO6/c1-25-5-13-30(14-6-25)38(41)34-20-35(39(42)31-15-7-26(2)8-16-31)37(46-24-29-17-32(43-3)19-33(18-29)44-4)21-36(34)45-23-28-11-9-27(22-40)10-12-28/h5-21H,23-24H2,1-4H3. The summed E-state index contributed by atoms with van der Waals surface area (Å²) in [5, 5.41) is 9.17. The second-order valence-electron chi connectivity index (χ2n) is 10.8. The third-order valence-corrected chi connectivity index (χ3v) is 7.48. The molecule has 0 aliphatic carbocycles. The van der Waals surface area contributed by atoms with Gasteiger partial charge in [0.15, 0.2) is 11.6 Å². The van der Waals surface area contributed by atoms with Crippen LogP contribution in [0, 0.1) is 25.2 Å². The number of rotatable bonds is 12. The summed E-state index contributed by atoms with van der Waals surface area (Å²) in [7, 11) is 3.14. The molecule has 0 radical (unpaired) electrons. The van der Waals surface area contributed by atoms with Crippen LogP contribution in [0.2, 0.25) is 0 Å². The Bertz CT molecular complexity index is 1880. The number of carbonyl (C=O) groups excluding carboxylic acids is 2. The number of hydrogen-bond donors (Lipinski definition) is 0. The van der Waals surface area contributed by atoms with E-state index in [0.717, 1.165) is 22.3 Å². The van der Waals surface area contributed by atoms with Crippen LogP contribution in [0.1, 0.15) is 59.7 Å². The van der Waals surface area contributed by atoms with E-state index >= 15 is 0 Å². The van der Waals surface area contributed by atoms with Gasteiger partial charge in [0.1, 0.15) is 36.2 Å². The molecule has 5 aromatic carbocycles. The molecule has 7 heteroatoms. The average Bonchev–Trinajstić information content (AvgIpc) is 3.09. The minimum absolute atomic E-state index is 0.0854. The largest absolute Gasteiger partial charge is 0.497 e. The molecule has 0 heterocycles. The van der Waals surface area contributed by atoms with Crippen molar-refractivity contribution in [2.24, 2.45) is 0 Å². The predicted molar refractivity (Wildman–Crippen MR) is 175 cm³/mol. The highest BCUT2D eigenvalue weighted by Gasteiger charge is 2.24. The van der Waals surface area contributed by atoms with Gasteiger partial charge in [-0.05, 0) is 55.3 Å². The van der Waals surface area contributed by atoms with Crippen molar-refractivity contribution in [3.63, 3.8) is 0 Å². The van der Waals surface area contributed by atoms with Gasteiger partial charge in [0.25, 0.3) is 0 Å². The molecule has 0 aliphatic heterocycles. The summed E-state index contributed by atoms with van der Waals surface area (Å²) in [5.74, 6) is 1.11. The highest BCUT2D eigenvalue weighted by Crippen LogP contribution is 2.34. The Kier molecular flexibility index (Phi) is 9.79. The van der Waals surface area contributed by atoms with E-state index in [1.54, 1.807) is 80.9 Å². The molecule has 7 nitrogen and oxygen atoms in total. The predicted octanol–water partition coefficient (Wildman–Crippen LogP) is 7.81. The summed E-state index contributed by atoms with van der Waals surface area (Å²) in [6.45, 7) is 4.10. The molecule has 5 aromatic rings. The summed E-state index contributed by atoms with van der Waals surface area (Å²) in [5.41, 5.74) is 5.48. The average molecular weight is 612 g/mol. The molecule has 0 atom stereocenters. The number of nitrogens with zero attached hydrogens (tertiary/aromatic N) is 1. The molecule has 0 spiro atoms. The van der Waals surface area contributed by atoms with Crippen LogP contribution in [0.15, 0.2) is 103 Å². The van der Waals surface area contributed by atoms with Crippen LogP contribution in [0.3, 0.4) is 0 Å². The first kappa shape index (κ1) is 31.6. The number of ether oxygens (including phenoxy) is 4. The Labute approximate surface area is 268 Å². The van der Waals surface area contributed by atoms with Gasteiger partial charge in [-0.15, -0.1) is 0 Å². The fourth-order valence-electron chi connectivity index (χ4n) is 4.82. The maximum Gasteiger partial charge on any atom is 0.196 e. The van der Waals surface area contributed by atoms with Crippen molar-refractivity contribution in [2.75, 3.05) is 14.2 Å². The van der Waals surface area contributed by atoms with Crippen LogP contribution in [-0.2, 0) is 13.2 Å². The number of methoxy groups -OCH3 is 2. The zero-order chi connectivity index (χ0) is 32.6. The molecule has 5 rings (SSSR count). The van der Waals surface area contributed by atoms with Crippen LogP contribution in [0.5, 0.6) is 23.0 Å². The Balaban J connectivity index is 1.60. The van der Waals surface area contributed by atoms with E-state index in [9.17, 15) is 14.9 Å². The van der Waals surface area contributed by atoms with E-state index in [1.807, 2.05) is 50.2 Å². The summed E-state index contributed by atoms with van der Waals surface area (Å²) < 4.78 is 23.4. The topological polar surface area (TPSA) is 94.9 Å². The number of aryl methyl sites for hydroxylation is 2. The zero-order valence-corrected chi connectivity index (χ0v) is 26.1. The summed E-state index contributed by atoms with van der Waals surface area (Å²) in [6, 6.07) is 32.1. The quantitative estimate of drug-likeness (QED) is 0.133. The second-order valence-corrected chi connectivity index (χ2v) is 10.8. The molecule has 0 N–H and O–H groups in total. The van der Waals surface area contributed by atoms with E-state index < -0.39 is 0 Å². The summed E-state index contributed by atoms with van der Waals surface area (Å²) in [6.07, 6.45) is 0. The Morgan fingerprint density at radius 3 is 1.48 bits per heavy atom. The molecule has 0 bridgehead atoms. The second kappa shape index (κ2) is 14.3. The van der Waals surface area contributed by atoms with E-state index in [-0.39, 0.29) is 47.4 Å². The van der Waals surface area contributed by atoms with Gasteiger partial charge in [0, 0.05) is 23.3 Å². The van der Waals surface area contributed by atoms with E-state index in [1.165, 1.54) is 0 Å². The third kappa shape index (κ3) is 7.43. The van der Waals surface area contributed by atoms with Gasteiger partial charge in [-0.1, -0.05) is 71.8 Å². The maximum atomic E-state index is 14.0. The molecule has 0 aromatic heterocycles. The normalized spacial score (nSPS) is 10.5. The highest BCUT2D eigenvalue weighted by atomic mass is 16.5. The van der Waals surface area contributed by atoms with E-state index in [4.69, 9.17) is 18.9 Å². The number of ketones is 2. The first-order valence-electron chi connectivity index (χ1n) is 14.7. The number of nitriles is 1. The number of hydrogen-bond acceptors (Lipinski definition) is 7. The van der Waals surface area contributed by atoms with Crippen LogP contribution < -0.4 is 18.9 Å². The fraction of sp³-hybridized carbons (Fsp3) is 0.154. The lowest BCUT2D eigenvalue weighted by Crippen LogP contribution is -2.12. The van der Waals surface area contributed by atoms with Gasteiger partial charge in [0.2, 0.25) is 0 Å². The summed E-state index contributed by atoms with van der Waals surface area (Å²) in [4.78, 5) is 28.0. The molecule has 0 saturated heterocycles. The minimum atomic E-state index is -0.296. The van der Waals surface area contributed by atoms with Crippen molar-refractivity contribution < 1.29 is 28.5 Å². The minimum Gasteiger partial charge on any atom is -0.497 e. The molecule has 0 aliphatic rings. The zero-order valence-electron chi connectivity index (χ0n) is 26.1. The lowest BCUT2D eigenvalue weighted by Gasteiger charge is -2.18. The molecular weight excluding hydrogens is 578 g/mol. The van der Waals surface area contributed by atoms with E-state index in [2.05, 4.69) is 6.07 Å². The third-order valence-electron chi connectivity index (χ3n) is 7.48. The van der Waals surface area contributed by atoms with Crippen molar-refractivity contribution in [3.8, 4) is 29.1 Å². The number of carbonyl (C=O) groups is 2. The van der Waals surface area contributed by atoms with Gasteiger partial charge in [-0.3, -0.25) is 9.59 Å². The van der Waals surface area contributed by atoms with Crippen LogP contribution >= 0.6 is 0 Å². The lowest BCUT2D eigenvalue weighted by atomic mass is 9.95.